The largest absolute Gasteiger partial charge is 0.358 e. The molecule has 0 saturated heterocycles. The summed E-state index contributed by atoms with van der Waals surface area (Å²) in [7, 11) is 2.02. The first kappa shape index (κ1) is 19.8. The zero-order valence-corrected chi connectivity index (χ0v) is 17.6. The van der Waals surface area contributed by atoms with E-state index in [-0.39, 0.29) is 11.6 Å². The highest BCUT2D eigenvalue weighted by Crippen LogP contribution is 2.27. The second-order valence-electron chi connectivity index (χ2n) is 7.05. The van der Waals surface area contributed by atoms with E-state index in [1.54, 1.807) is 18.2 Å². The van der Waals surface area contributed by atoms with Gasteiger partial charge in [0.25, 0.3) is 0 Å². The van der Waals surface area contributed by atoms with Crippen molar-refractivity contribution < 1.29 is 9.18 Å². The van der Waals surface area contributed by atoms with E-state index in [0.717, 1.165) is 35.6 Å². The third-order valence-corrected chi connectivity index (χ3v) is 6.30. The van der Waals surface area contributed by atoms with Crippen LogP contribution in [-0.2, 0) is 6.42 Å². The number of hydrogen-bond donors (Lipinski definition) is 0. The van der Waals surface area contributed by atoms with E-state index in [0.29, 0.717) is 27.6 Å². The van der Waals surface area contributed by atoms with Gasteiger partial charge in [0.2, 0.25) is 0 Å². The Labute approximate surface area is 178 Å². The third kappa shape index (κ3) is 4.41. The molecular formula is C23H20ClFN2OS. The van der Waals surface area contributed by atoms with E-state index in [4.69, 9.17) is 11.6 Å². The van der Waals surface area contributed by atoms with Crippen LogP contribution in [0.1, 0.15) is 27.2 Å². The molecule has 0 fully saturated rings. The fourth-order valence-electron chi connectivity index (χ4n) is 3.44. The first-order chi connectivity index (χ1) is 14.0. The SMILES string of the molecule is CN1CCN=C1c1ccc(-c2cc(CCC(=O)c3ccc(Cl)s3)ccc2F)cc1. The van der Waals surface area contributed by atoms with Gasteiger partial charge in [-0.3, -0.25) is 9.79 Å². The van der Waals surface area contributed by atoms with E-state index < -0.39 is 0 Å². The molecule has 148 valence electrons. The second kappa shape index (κ2) is 8.47. The van der Waals surface area contributed by atoms with Gasteiger partial charge in [-0.15, -0.1) is 11.3 Å². The van der Waals surface area contributed by atoms with Gasteiger partial charge < -0.3 is 4.90 Å². The van der Waals surface area contributed by atoms with E-state index in [2.05, 4.69) is 9.89 Å². The van der Waals surface area contributed by atoms with Gasteiger partial charge in [-0.05, 0) is 41.8 Å². The standard InChI is InChI=1S/C23H20ClFN2OS/c1-27-13-12-26-23(27)17-6-4-16(5-7-17)18-14-15(2-8-19(18)25)3-9-20(28)21-10-11-22(24)29-21/h2,4-8,10-11,14H,3,9,12-13H2,1H3. The summed E-state index contributed by atoms with van der Waals surface area (Å²) in [6.07, 6.45) is 0.925. The average molecular weight is 427 g/mol. The van der Waals surface area contributed by atoms with E-state index in [1.807, 2.05) is 37.4 Å². The number of thiophene rings is 1. The Morgan fingerprint density at radius 3 is 2.55 bits per heavy atom. The lowest BCUT2D eigenvalue weighted by Gasteiger charge is -2.14. The second-order valence-corrected chi connectivity index (χ2v) is 8.76. The van der Waals surface area contributed by atoms with Crippen LogP contribution in [0.15, 0.2) is 59.6 Å². The number of ketones is 1. The van der Waals surface area contributed by atoms with Crippen LogP contribution in [0.5, 0.6) is 0 Å². The first-order valence-electron chi connectivity index (χ1n) is 9.44. The van der Waals surface area contributed by atoms with Gasteiger partial charge in [-0.25, -0.2) is 4.39 Å². The number of nitrogens with zero attached hydrogens (tertiary/aromatic N) is 2. The molecule has 0 amide bonds. The Hall–Kier alpha value is -2.50. The van der Waals surface area contributed by atoms with Crippen molar-refractivity contribution in [1.82, 2.24) is 4.90 Å². The topological polar surface area (TPSA) is 32.7 Å². The summed E-state index contributed by atoms with van der Waals surface area (Å²) in [5.41, 5.74) is 3.32. The molecule has 2 aromatic carbocycles. The van der Waals surface area contributed by atoms with Crippen LogP contribution in [0.4, 0.5) is 4.39 Å². The quantitative estimate of drug-likeness (QED) is 0.472. The minimum atomic E-state index is -0.270. The van der Waals surface area contributed by atoms with Crippen LogP contribution >= 0.6 is 22.9 Å². The summed E-state index contributed by atoms with van der Waals surface area (Å²) in [4.78, 5) is 19.6. The van der Waals surface area contributed by atoms with Gasteiger partial charge >= 0.3 is 0 Å². The van der Waals surface area contributed by atoms with Crippen LogP contribution in [0.2, 0.25) is 4.34 Å². The number of amidine groups is 1. The van der Waals surface area contributed by atoms with Gasteiger partial charge in [0.05, 0.1) is 15.8 Å². The number of carbonyl (C=O) groups excluding carboxylic acids is 1. The fraction of sp³-hybridized carbons (Fsp3) is 0.217. The molecular weight excluding hydrogens is 407 g/mol. The molecule has 29 heavy (non-hydrogen) atoms. The number of aliphatic imine (C=N–C) groups is 1. The summed E-state index contributed by atoms with van der Waals surface area (Å²) in [6, 6.07) is 16.3. The van der Waals surface area contributed by atoms with Crippen molar-refractivity contribution in [3.8, 4) is 11.1 Å². The van der Waals surface area contributed by atoms with Gasteiger partial charge in [-0.2, -0.15) is 0 Å². The maximum Gasteiger partial charge on any atom is 0.173 e. The smallest absolute Gasteiger partial charge is 0.173 e. The number of carbonyl (C=O) groups is 1. The van der Waals surface area contributed by atoms with Crippen molar-refractivity contribution in [3.05, 3.63) is 80.8 Å². The molecule has 6 heteroatoms. The van der Waals surface area contributed by atoms with Crippen molar-refractivity contribution in [2.24, 2.45) is 4.99 Å². The third-order valence-electron chi connectivity index (χ3n) is 5.03. The number of likely N-dealkylation sites (N-methyl/N-ethyl adjacent to an activating group) is 1. The zero-order valence-electron chi connectivity index (χ0n) is 16.0. The summed E-state index contributed by atoms with van der Waals surface area (Å²) in [5, 5.41) is 0. The minimum Gasteiger partial charge on any atom is -0.358 e. The van der Waals surface area contributed by atoms with Crippen LogP contribution in [-0.4, -0.2) is 36.7 Å². The summed E-state index contributed by atoms with van der Waals surface area (Å²) >= 11 is 7.19. The highest BCUT2D eigenvalue weighted by molar-refractivity contribution is 7.18. The van der Waals surface area contributed by atoms with Crippen LogP contribution in [0.25, 0.3) is 11.1 Å². The predicted molar refractivity (Wildman–Crippen MR) is 118 cm³/mol. The molecule has 3 aromatic rings. The minimum absolute atomic E-state index is 0.0542. The molecule has 3 nitrogen and oxygen atoms in total. The van der Waals surface area contributed by atoms with E-state index in [1.165, 1.54) is 17.4 Å². The highest BCUT2D eigenvalue weighted by atomic mass is 35.5. The molecule has 0 atom stereocenters. The summed E-state index contributed by atoms with van der Waals surface area (Å²) in [5.74, 6) is 0.754. The molecule has 2 heterocycles. The Bertz CT molecular complexity index is 1070. The van der Waals surface area contributed by atoms with Gasteiger partial charge in [0.15, 0.2) is 5.78 Å². The lowest BCUT2D eigenvalue weighted by atomic mass is 9.98. The molecule has 0 saturated carbocycles. The number of rotatable bonds is 6. The Kier molecular flexibility index (Phi) is 5.79. The fourth-order valence-corrected chi connectivity index (χ4v) is 4.45. The molecule has 0 spiro atoms. The van der Waals surface area contributed by atoms with Crippen molar-refractivity contribution in [1.29, 1.82) is 0 Å². The predicted octanol–water partition coefficient (Wildman–Crippen LogP) is 5.72. The molecule has 1 aliphatic rings. The number of aryl methyl sites for hydroxylation is 1. The monoisotopic (exact) mass is 426 g/mol. The molecule has 1 aliphatic heterocycles. The Morgan fingerprint density at radius 1 is 1.14 bits per heavy atom. The summed E-state index contributed by atoms with van der Waals surface area (Å²) in [6.45, 7) is 1.73. The van der Waals surface area contributed by atoms with Gasteiger partial charge in [0.1, 0.15) is 11.7 Å². The van der Waals surface area contributed by atoms with Crippen molar-refractivity contribution in [3.63, 3.8) is 0 Å². The van der Waals surface area contributed by atoms with Crippen molar-refractivity contribution in [2.45, 2.75) is 12.8 Å². The number of benzene rings is 2. The first-order valence-corrected chi connectivity index (χ1v) is 10.6. The van der Waals surface area contributed by atoms with Gasteiger partial charge in [0, 0.05) is 31.1 Å². The summed E-state index contributed by atoms with van der Waals surface area (Å²) < 4.78 is 15.1. The molecule has 0 radical (unpaired) electrons. The van der Waals surface area contributed by atoms with E-state index in [9.17, 15) is 9.18 Å². The number of hydrogen-bond acceptors (Lipinski definition) is 4. The Balaban J connectivity index is 1.50. The maximum absolute atomic E-state index is 14.5. The lowest BCUT2D eigenvalue weighted by Crippen LogP contribution is -2.23. The normalized spacial score (nSPS) is 13.6. The Morgan fingerprint density at radius 2 is 1.90 bits per heavy atom. The molecule has 0 unspecified atom stereocenters. The molecule has 0 aliphatic carbocycles. The maximum atomic E-state index is 14.5. The van der Waals surface area contributed by atoms with Crippen LogP contribution < -0.4 is 0 Å². The molecule has 1 aromatic heterocycles. The highest BCUT2D eigenvalue weighted by Gasteiger charge is 2.15. The van der Waals surface area contributed by atoms with Gasteiger partial charge in [-0.1, -0.05) is 41.9 Å². The van der Waals surface area contributed by atoms with Crippen molar-refractivity contribution >= 4 is 34.6 Å². The lowest BCUT2D eigenvalue weighted by molar-refractivity contribution is 0.0986. The number of Topliss-reactive ketones (excluding diaryl/α,β-unsaturated/α-hetero) is 1. The number of halogens is 2. The molecule has 0 N–H and O–H groups in total. The van der Waals surface area contributed by atoms with E-state index >= 15 is 0 Å². The molecule has 4 rings (SSSR count). The average Bonchev–Trinajstić information content (AvgIpc) is 3.35. The zero-order chi connectivity index (χ0) is 20.4. The van der Waals surface area contributed by atoms with Crippen LogP contribution in [0, 0.1) is 5.82 Å². The molecule has 0 bridgehead atoms. The van der Waals surface area contributed by atoms with Crippen molar-refractivity contribution in [2.75, 3.05) is 20.1 Å². The van der Waals surface area contributed by atoms with Crippen LogP contribution in [0.3, 0.4) is 0 Å².